The van der Waals surface area contributed by atoms with E-state index in [-0.39, 0.29) is 5.91 Å². The van der Waals surface area contributed by atoms with Gasteiger partial charge in [0, 0.05) is 6.54 Å². The molecule has 0 N–H and O–H groups in total. The van der Waals surface area contributed by atoms with Crippen LogP contribution in [0.3, 0.4) is 0 Å². The Bertz CT molecular complexity index is 463. The number of piperidine rings is 1. The highest BCUT2D eigenvalue weighted by molar-refractivity contribution is 5.98. The topological polar surface area (TPSA) is 23.6 Å². The van der Waals surface area contributed by atoms with Crippen LogP contribution >= 0.6 is 0 Å². The van der Waals surface area contributed by atoms with Gasteiger partial charge in [-0.2, -0.15) is 0 Å². The summed E-state index contributed by atoms with van der Waals surface area (Å²) in [6.45, 7) is 5.86. The van der Waals surface area contributed by atoms with Crippen molar-refractivity contribution in [3.8, 4) is 0 Å². The minimum absolute atomic E-state index is 0.263. The number of rotatable bonds is 1. The molecule has 0 saturated carbocycles. The summed E-state index contributed by atoms with van der Waals surface area (Å²) in [6.07, 6.45) is 3.87. The molecule has 0 bridgehead atoms. The normalized spacial score (nSPS) is 24.4. The lowest BCUT2D eigenvalue weighted by atomic mass is 10.0. The Hall–Kier alpha value is -1.35. The number of para-hydroxylation sites is 1. The van der Waals surface area contributed by atoms with Crippen LogP contribution < -0.4 is 4.90 Å². The Labute approximate surface area is 108 Å². The Balaban J connectivity index is 2.02. The highest BCUT2D eigenvalue weighted by Crippen LogP contribution is 2.34. The SMILES string of the molecule is Cc1cccc(C)c1N1C(=O)CN2CCCCC21. The van der Waals surface area contributed by atoms with Crippen molar-refractivity contribution in [1.82, 2.24) is 4.90 Å². The van der Waals surface area contributed by atoms with Gasteiger partial charge in [0.05, 0.1) is 18.4 Å². The van der Waals surface area contributed by atoms with Crippen molar-refractivity contribution >= 4 is 11.6 Å². The van der Waals surface area contributed by atoms with E-state index in [0.717, 1.165) is 18.7 Å². The molecule has 2 heterocycles. The smallest absolute Gasteiger partial charge is 0.242 e. The average molecular weight is 244 g/mol. The summed E-state index contributed by atoms with van der Waals surface area (Å²) in [6, 6.07) is 6.26. The monoisotopic (exact) mass is 244 g/mol. The van der Waals surface area contributed by atoms with E-state index in [2.05, 4.69) is 36.9 Å². The molecular weight excluding hydrogens is 224 g/mol. The molecule has 0 aromatic heterocycles. The van der Waals surface area contributed by atoms with Gasteiger partial charge in [-0.1, -0.05) is 18.2 Å². The summed E-state index contributed by atoms with van der Waals surface area (Å²) < 4.78 is 0. The van der Waals surface area contributed by atoms with Crippen molar-refractivity contribution < 1.29 is 4.79 Å². The number of amides is 1. The van der Waals surface area contributed by atoms with Crippen molar-refractivity contribution in [2.45, 2.75) is 39.3 Å². The van der Waals surface area contributed by atoms with E-state index in [1.54, 1.807) is 0 Å². The maximum absolute atomic E-state index is 12.3. The highest BCUT2D eigenvalue weighted by atomic mass is 16.2. The molecule has 3 heteroatoms. The van der Waals surface area contributed by atoms with Crippen LogP contribution in [0.15, 0.2) is 18.2 Å². The molecule has 1 amide bonds. The van der Waals surface area contributed by atoms with E-state index in [1.807, 2.05) is 4.90 Å². The van der Waals surface area contributed by atoms with E-state index in [9.17, 15) is 4.79 Å². The van der Waals surface area contributed by atoms with Gasteiger partial charge >= 0.3 is 0 Å². The van der Waals surface area contributed by atoms with Gasteiger partial charge in [0.15, 0.2) is 0 Å². The number of aryl methyl sites for hydroxylation is 2. The summed E-state index contributed by atoms with van der Waals surface area (Å²) in [5.41, 5.74) is 3.54. The number of anilines is 1. The van der Waals surface area contributed by atoms with Crippen molar-refractivity contribution in [3.63, 3.8) is 0 Å². The standard InChI is InChI=1S/C15H20N2O/c1-11-6-5-7-12(2)15(11)17-13-8-3-4-9-16(13)10-14(17)18/h5-7,13H,3-4,8-10H2,1-2H3. The van der Waals surface area contributed by atoms with Crippen LogP contribution in [0.25, 0.3) is 0 Å². The van der Waals surface area contributed by atoms with E-state index in [0.29, 0.717) is 12.7 Å². The van der Waals surface area contributed by atoms with E-state index >= 15 is 0 Å². The minimum Gasteiger partial charge on any atom is -0.295 e. The maximum Gasteiger partial charge on any atom is 0.242 e. The first kappa shape index (κ1) is 11.7. The second-order valence-corrected chi connectivity index (χ2v) is 5.45. The summed E-state index contributed by atoms with van der Waals surface area (Å²) in [5, 5.41) is 0. The van der Waals surface area contributed by atoms with Crippen molar-refractivity contribution in [2.75, 3.05) is 18.0 Å². The van der Waals surface area contributed by atoms with Crippen LogP contribution in [0.1, 0.15) is 30.4 Å². The number of hydrogen-bond donors (Lipinski definition) is 0. The molecule has 0 spiro atoms. The Morgan fingerprint density at radius 2 is 1.89 bits per heavy atom. The predicted molar refractivity (Wildman–Crippen MR) is 72.6 cm³/mol. The Morgan fingerprint density at radius 1 is 1.17 bits per heavy atom. The molecule has 3 rings (SSSR count). The van der Waals surface area contributed by atoms with Crippen LogP contribution in [-0.4, -0.2) is 30.1 Å². The lowest BCUT2D eigenvalue weighted by Gasteiger charge is -2.34. The summed E-state index contributed by atoms with van der Waals surface area (Å²) in [5.74, 6) is 0.263. The molecule has 2 saturated heterocycles. The number of hydrogen-bond acceptors (Lipinski definition) is 2. The number of carbonyl (C=O) groups is 1. The van der Waals surface area contributed by atoms with Crippen LogP contribution in [0.2, 0.25) is 0 Å². The fourth-order valence-electron chi connectivity index (χ4n) is 3.33. The first-order valence-corrected chi connectivity index (χ1v) is 6.81. The van der Waals surface area contributed by atoms with E-state index in [1.165, 1.54) is 24.0 Å². The van der Waals surface area contributed by atoms with Gasteiger partial charge in [-0.3, -0.25) is 14.6 Å². The number of nitrogens with zero attached hydrogens (tertiary/aromatic N) is 2. The van der Waals surface area contributed by atoms with Gasteiger partial charge in [0.25, 0.3) is 0 Å². The van der Waals surface area contributed by atoms with Gasteiger partial charge in [0.2, 0.25) is 5.91 Å². The van der Waals surface area contributed by atoms with Gasteiger partial charge in [0.1, 0.15) is 0 Å². The quantitative estimate of drug-likeness (QED) is 0.757. The lowest BCUT2D eigenvalue weighted by Crippen LogP contribution is -2.43. The Morgan fingerprint density at radius 3 is 2.61 bits per heavy atom. The zero-order valence-corrected chi connectivity index (χ0v) is 11.1. The van der Waals surface area contributed by atoms with Crippen LogP contribution in [0, 0.1) is 13.8 Å². The average Bonchev–Trinajstić information content (AvgIpc) is 2.66. The zero-order valence-electron chi connectivity index (χ0n) is 11.1. The van der Waals surface area contributed by atoms with Crippen molar-refractivity contribution in [3.05, 3.63) is 29.3 Å². The summed E-state index contributed by atoms with van der Waals surface area (Å²) >= 11 is 0. The van der Waals surface area contributed by atoms with Gasteiger partial charge in [-0.05, 0) is 44.2 Å². The third kappa shape index (κ3) is 1.74. The van der Waals surface area contributed by atoms with Crippen LogP contribution in [0.5, 0.6) is 0 Å². The first-order valence-electron chi connectivity index (χ1n) is 6.81. The summed E-state index contributed by atoms with van der Waals surface area (Å²) in [7, 11) is 0. The van der Waals surface area contributed by atoms with E-state index < -0.39 is 0 Å². The molecule has 18 heavy (non-hydrogen) atoms. The third-order valence-electron chi connectivity index (χ3n) is 4.16. The maximum atomic E-state index is 12.3. The van der Waals surface area contributed by atoms with Gasteiger partial charge in [-0.15, -0.1) is 0 Å². The molecule has 3 nitrogen and oxygen atoms in total. The van der Waals surface area contributed by atoms with Crippen molar-refractivity contribution in [2.24, 2.45) is 0 Å². The second-order valence-electron chi connectivity index (χ2n) is 5.45. The summed E-state index contributed by atoms with van der Waals surface area (Å²) in [4.78, 5) is 16.7. The lowest BCUT2D eigenvalue weighted by molar-refractivity contribution is -0.116. The second kappa shape index (κ2) is 4.39. The molecule has 1 atom stereocenters. The highest BCUT2D eigenvalue weighted by Gasteiger charge is 2.40. The molecule has 2 aliphatic rings. The third-order valence-corrected chi connectivity index (χ3v) is 4.16. The zero-order chi connectivity index (χ0) is 12.7. The Kier molecular flexibility index (Phi) is 2.86. The molecule has 0 aliphatic carbocycles. The molecule has 96 valence electrons. The number of benzene rings is 1. The largest absolute Gasteiger partial charge is 0.295 e. The molecule has 1 aromatic carbocycles. The van der Waals surface area contributed by atoms with Crippen LogP contribution in [-0.2, 0) is 4.79 Å². The molecule has 2 aliphatic heterocycles. The fourth-order valence-corrected chi connectivity index (χ4v) is 3.33. The number of fused-ring (bicyclic) bond motifs is 1. The molecule has 1 aromatic rings. The number of carbonyl (C=O) groups excluding carboxylic acids is 1. The van der Waals surface area contributed by atoms with E-state index in [4.69, 9.17) is 0 Å². The molecule has 0 radical (unpaired) electrons. The van der Waals surface area contributed by atoms with Gasteiger partial charge in [-0.25, -0.2) is 0 Å². The predicted octanol–water partition coefficient (Wildman–Crippen LogP) is 2.46. The minimum atomic E-state index is 0.263. The molecular formula is C15H20N2O. The van der Waals surface area contributed by atoms with Crippen molar-refractivity contribution in [1.29, 1.82) is 0 Å². The first-order chi connectivity index (χ1) is 8.68. The van der Waals surface area contributed by atoms with Gasteiger partial charge < -0.3 is 0 Å². The molecule has 2 fully saturated rings. The van der Waals surface area contributed by atoms with Crippen LogP contribution in [0.4, 0.5) is 5.69 Å². The fraction of sp³-hybridized carbons (Fsp3) is 0.533. The molecule has 1 unspecified atom stereocenters.